The number of halogens is 1. The molecule has 1 heterocycles. The average Bonchev–Trinajstić information content (AvgIpc) is 2.17. The standard InChI is InChI=1S/C6H13ClN2/c1-9-3-2-6(4-9)8-5-7/h6,8H,2-5H2,1H3. The van der Waals surface area contributed by atoms with Gasteiger partial charge in [-0.25, -0.2) is 0 Å². The zero-order chi connectivity index (χ0) is 6.69. The van der Waals surface area contributed by atoms with Gasteiger partial charge in [-0.1, -0.05) is 0 Å². The highest BCUT2D eigenvalue weighted by molar-refractivity contribution is 6.17. The van der Waals surface area contributed by atoms with Crippen molar-refractivity contribution in [1.82, 2.24) is 10.2 Å². The Morgan fingerprint density at radius 1 is 1.78 bits per heavy atom. The molecule has 0 radical (unpaired) electrons. The maximum Gasteiger partial charge on any atom is 0.0715 e. The molecular formula is C6H13ClN2. The summed E-state index contributed by atoms with van der Waals surface area (Å²) in [5, 5.41) is 3.20. The Kier molecular flexibility index (Phi) is 2.76. The van der Waals surface area contributed by atoms with Crippen LogP contribution < -0.4 is 5.32 Å². The summed E-state index contributed by atoms with van der Waals surface area (Å²) >= 11 is 5.50. The van der Waals surface area contributed by atoms with E-state index in [4.69, 9.17) is 11.6 Å². The number of nitrogens with zero attached hydrogens (tertiary/aromatic N) is 1. The maximum absolute atomic E-state index is 5.50. The first-order chi connectivity index (χ1) is 4.33. The van der Waals surface area contributed by atoms with Crippen LogP contribution in [-0.4, -0.2) is 37.1 Å². The quantitative estimate of drug-likeness (QED) is 0.453. The lowest BCUT2D eigenvalue weighted by Gasteiger charge is -2.08. The molecule has 1 unspecified atom stereocenters. The summed E-state index contributed by atoms with van der Waals surface area (Å²) in [4.78, 5) is 2.31. The summed E-state index contributed by atoms with van der Waals surface area (Å²) < 4.78 is 0. The van der Waals surface area contributed by atoms with Gasteiger partial charge in [0, 0.05) is 12.6 Å². The minimum absolute atomic E-state index is 0.582. The molecule has 1 rings (SSSR count). The van der Waals surface area contributed by atoms with Crippen LogP contribution in [0.3, 0.4) is 0 Å². The van der Waals surface area contributed by atoms with Crippen molar-refractivity contribution in [2.45, 2.75) is 12.5 Å². The van der Waals surface area contributed by atoms with Crippen LogP contribution in [0, 0.1) is 0 Å². The summed E-state index contributed by atoms with van der Waals surface area (Å²) in [6, 6.07) is 1.21. The van der Waals surface area contributed by atoms with Gasteiger partial charge in [0.15, 0.2) is 0 Å². The van der Waals surface area contributed by atoms with Gasteiger partial charge in [0.1, 0.15) is 0 Å². The fourth-order valence-corrected chi connectivity index (χ4v) is 1.43. The van der Waals surface area contributed by atoms with Gasteiger partial charge in [-0.05, 0) is 20.0 Å². The molecular weight excluding hydrogens is 136 g/mol. The lowest BCUT2D eigenvalue weighted by Crippen LogP contribution is -2.30. The van der Waals surface area contributed by atoms with Crippen LogP contribution in [0.2, 0.25) is 0 Å². The highest BCUT2D eigenvalue weighted by Gasteiger charge is 2.17. The van der Waals surface area contributed by atoms with E-state index < -0.39 is 0 Å². The minimum Gasteiger partial charge on any atom is -0.305 e. The Hall–Kier alpha value is 0.210. The largest absolute Gasteiger partial charge is 0.305 e. The maximum atomic E-state index is 5.50. The van der Waals surface area contributed by atoms with Crippen molar-refractivity contribution in [3.8, 4) is 0 Å². The van der Waals surface area contributed by atoms with Crippen molar-refractivity contribution in [2.75, 3.05) is 26.1 Å². The van der Waals surface area contributed by atoms with Crippen LogP contribution in [0.4, 0.5) is 0 Å². The van der Waals surface area contributed by atoms with E-state index in [1.165, 1.54) is 13.0 Å². The van der Waals surface area contributed by atoms with Gasteiger partial charge in [-0.2, -0.15) is 0 Å². The van der Waals surface area contributed by atoms with Crippen molar-refractivity contribution in [3.63, 3.8) is 0 Å². The number of hydrogen-bond donors (Lipinski definition) is 1. The number of nitrogens with one attached hydrogen (secondary N) is 1. The Balaban J connectivity index is 2.14. The first kappa shape index (κ1) is 7.32. The number of rotatable bonds is 2. The molecule has 1 aliphatic heterocycles. The van der Waals surface area contributed by atoms with E-state index in [1.54, 1.807) is 0 Å². The number of hydrogen-bond acceptors (Lipinski definition) is 2. The second-order valence-electron chi connectivity index (χ2n) is 2.59. The zero-order valence-corrected chi connectivity index (χ0v) is 6.49. The fraction of sp³-hybridized carbons (Fsp3) is 1.00. The molecule has 0 aromatic rings. The molecule has 3 heteroatoms. The molecule has 9 heavy (non-hydrogen) atoms. The van der Waals surface area contributed by atoms with Crippen molar-refractivity contribution in [1.29, 1.82) is 0 Å². The van der Waals surface area contributed by atoms with E-state index in [0.29, 0.717) is 12.0 Å². The first-order valence-electron chi connectivity index (χ1n) is 3.31. The number of likely N-dealkylation sites (N-methyl/N-ethyl adjacent to an activating group) is 1. The molecule has 1 N–H and O–H groups in total. The molecule has 1 aliphatic rings. The van der Waals surface area contributed by atoms with Crippen LogP contribution in [0.1, 0.15) is 6.42 Å². The second-order valence-corrected chi connectivity index (χ2v) is 2.85. The molecule has 0 amide bonds. The molecule has 0 saturated carbocycles. The summed E-state index contributed by atoms with van der Waals surface area (Å²) in [5.41, 5.74) is 0. The summed E-state index contributed by atoms with van der Waals surface area (Å²) in [6.45, 7) is 2.35. The first-order valence-corrected chi connectivity index (χ1v) is 3.84. The zero-order valence-electron chi connectivity index (χ0n) is 5.73. The van der Waals surface area contributed by atoms with Gasteiger partial charge in [0.25, 0.3) is 0 Å². The molecule has 54 valence electrons. The molecule has 0 bridgehead atoms. The van der Waals surface area contributed by atoms with Crippen molar-refractivity contribution in [3.05, 3.63) is 0 Å². The van der Waals surface area contributed by atoms with Crippen molar-refractivity contribution < 1.29 is 0 Å². The van der Waals surface area contributed by atoms with E-state index in [1.807, 2.05) is 0 Å². The summed E-state index contributed by atoms with van der Waals surface area (Å²) in [6.07, 6.45) is 1.24. The van der Waals surface area contributed by atoms with E-state index in [-0.39, 0.29) is 0 Å². The average molecular weight is 149 g/mol. The molecule has 1 fully saturated rings. The predicted molar refractivity (Wildman–Crippen MR) is 39.8 cm³/mol. The Morgan fingerprint density at radius 3 is 3.00 bits per heavy atom. The molecule has 2 nitrogen and oxygen atoms in total. The van der Waals surface area contributed by atoms with Gasteiger partial charge in [-0.15, -0.1) is 11.6 Å². The van der Waals surface area contributed by atoms with E-state index in [0.717, 1.165) is 6.54 Å². The summed E-state index contributed by atoms with van der Waals surface area (Å²) in [5.74, 6) is 0. The van der Waals surface area contributed by atoms with Crippen LogP contribution in [-0.2, 0) is 0 Å². The Morgan fingerprint density at radius 2 is 2.56 bits per heavy atom. The smallest absolute Gasteiger partial charge is 0.0715 e. The van der Waals surface area contributed by atoms with Gasteiger partial charge < -0.3 is 4.90 Å². The molecule has 0 aliphatic carbocycles. The lowest BCUT2D eigenvalue weighted by atomic mass is 10.3. The van der Waals surface area contributed by atoms with Crippen LogP contribution in [0.5, 0.6) is 0 Å². The molecule has 0 aromatic carbocycles. The molecule has 0 aromatic heterocycles. The third-order valence-corrected chi connectivity index (χ3v) is 1.91. The van der Waals surface area contributed by atoms with Crippen LogP contribution >= 0.6 is 11.6 Å². The topological polar surface area (TPSA) is 15.3 Å². The predicted octanol–water partition coefficient (Wildman–Crippen LogP) is 0.476. The van der Waals surface area contributed by atoms with Crippen molar-refractivity contribution in [2.24, 2.45) is 0 Å². The van der Waals surface area contributed by atoms with Gasteiger partial charge in [0.2, 0.25) is 0 Å². The minimum atomic E-state index is 0.582. The third-order valence-electron chi connectivity index (χ3n) is 1.76. The fourth-order valence-electron chi connectivity index (χ4n) is 1.21. The normalized spacial score (nSPS) is 29.3. The lowest BCUT2D eigenvalue weighted by molar-refractivity contribution is 0.402. The Labute approximate surface area is 61.2 Å². The van der Waals surface area contributed by atoms with Crippen LogP contribution in [0.15, 0.2) is 0 Å². The highest BCUT2D eigenvalue weighted by Crippen LogP contribution is 2.05. The number of alkyl halides is 1. The third kappa shape index (κ3) is 2.12. The Bertz CT molecular complexity index is 85.1. The van der Waals surface area contributed by atoms with E-state index in [2.05, 4.69) is 17.3 Å². The second kappa shape index (κ2) is 3.40. The summed E-state index contributed by atoms with van der Waals surface area (Å²) in [7, 11) is 2.13. The SMILES string of the molecule is CN1CCC(NCCl)C1. The molecule has 1 saturated heterocycles. The van der Waals surface area contributed by atoms with Gasteiger partial charge >= 0.3 is 0 Å². The molecule has 0 spiro atoms. The number of likely N-dealkylation sites (tertiary alicyclic amines) is 1. The van der Waals surface area contributed by atoms with Crippen molar-refractivity contribution >= 4 is 11.6 Å². The van der Waals surface area contributed by atoms with Gasteiger partial charge in [-0.3, -0.25) is 5.32 Å². The van der Waals surface area contributed by atoms with Crippen LogP contribution in [0.25, 0.3) is 0 Å². The van der Waals surface area contributed by atoms with E-state index >= 15 is 0 Å². The van der Waals surface area contributed by atoms with Gasteiger partial charge in [0.05, 0.1) is 6.00 Å². The monoisotopic (exact) mass is 148 g/mol. The highest BCUT2D eigenvalue weighted by atomic mass is 35.5. The van der Waals surface area contributed by atoms with E-state index in [9.17, 15) is 0 Å². The molecule has 1 atom stereocenters.